The van der Waals surface area contributed by atoms with Crippen LogP contribution in [0, 0.1) is 0 Å². The van der Waals surface area contributed by atoms with Gasteiger partial charge in [0.25, 0.3) is 0 Å². The van der Waals surface area contributed by atoms with E-state index in [0.717, 1.165) is 21.3 Å². The normalized spacial score (nSPS) is 10.7. The maximum absolute atomic E-state index is 5.93. The highest BCUT2D eigenvalue weighted by atomic mass is 79.9. The Morgan fingerprint density at radius 2 is 2.00 bits per heavy atom. The van der Waals surface area contributed by atoms with E-state index in [1.807, 2.05) is 24.3 Å². The van der Waals surface area contributed by atoms with Crippen LogP contribution in [0.3, 0.4) is 0 Å². The molecule has 0 saturated heterocycles. The molecule has 0 aliphatic heterocycles. The van der Waals surface area contributed by atoms with Crippen LogP contribution in [-0.2, 0) is 0 Å². The predicted octanol–water partition coefficient (Wildman–Crippen LogP) is 2.21. The van der Waals surface area contributed by atoms with Crippen LogP contribution in [0.1, 0.15) is 0 Å². The summed E-state index contributed by atoms with van der Waals surface area (Å²) in [6.45, 7) is 0. The molecule has 7 heteroatoms. The number of nitrogens with one attached hydrogen (secondary N) is 2. The number of nitrogens with zero attached hydrogens (tertiary/aromatic N) is 3. The standard InChI is InChI=1S/C11H9BrN6/c12-7-4-2-1-3-6(7)9-10(16-17-11(9)13)8-5-14-18-15-8/h1-5H,(H3,13,16,17)(H,14,15,18). The summed E-state index contributed by atoms with van der Waals surface area (Å²) < 4.78 is 0.947. The third-order valence-electron chi connectivity index (χ3n) is 2.61. The van der Waals surface area contributed by atoms with Crippen molar-refractivity contribution in [1.82, 2.24) is 25.6 Å². The van der Waals surface area contributed by atoms with Gasteiger partial charge in [0.2, 0.25) is 0 Å². The first-order valence-electron chi connectivity index (χ1n) is 5.22. The highest BCUT2D eigenvalue weighted by Crippen LogP contribution is 2.37. The number of H-pyrrole nitrogens is 2. The van der Waals surface area contributed by atoms with Crippen LogP contribution in [0.15, 0.2) is 34.9 Å². The summed E-state index contributed by atoms with van der Waals surface area (Å²) in [5.41, 5.74) is 9.12. The van der Waals surface area contributed by atoms with Crippen molar-refractivity contribution in [3.05, 3.63) is 34.9 Å². The summed E-state index contributed by atoms with van der Waals surface area (Å²) in [6.07, 6.45) is 1.62. The van der Waals surface area contributed by atoms with Crippen molar-refractivity contribution < 1.29 is 0 Å². The zero-order valence-corrected chi connectivity index (χ0v) is 10.8. The fraction of sp³-hybridized carbons (Fsp3) is 0. The van der Waals surface area contributed by atoms with Gasteiger partial charge in [-0.15, -0.1) is 0 Å². The van der Waals surface area contributed by atoms with Gasteiger partial charge in [-0.1, -0.05) is 34.1 Å². The van der Waals surface area contributed by atoms with E-state index in [0.29, 0.717) is 11.5 Å². The lowest BCUT2D eigenvalue weighted by atomic mass is 10.0. The van der Waals surface area contributed by atoms with Crippen LogP contribution in [-0.4, -0.2) is 25.6 Å². The molecule has 0 radical (unpaired) electrons. The first-order chi connectivity index (χ1) is 8.77. The maximum Gasteiger partial charge on any atom is 0.153 e. The van der Waals surface area contributed by atoms with Crippen molar-refractivity contribution in [2.45, 2.75) is 0 Å². The van der Waals surface area contributed by atoms with Gasteiger partial charge in [-0.3, -0.25) is 5.10 Å². The Labute approximate surface area is 111 Å². The van der Waals surface area contributed by atoms with Crippen molar-refractivity contribution in [2.24, 2.45) is 0 Å². The summed E-state index contributed by atoms with van der Waals surface area (Å²) in [5.74, 6) is 0.430. The Morgan fingerprint density at radius 1 is 1.17 bits per heavy atom. The molecule has 0 spiro atoms. The molecule has 18 heavy (non-hydrogen) atoms. The smallest absolute Gasteiger partial charge is 0.153 e. The lowest BCUT2D eigenvalue weighted by Crippen LogP contribution is -1.89. The van der Waals surface area contributed by atoms with E-state index < -0.39 is 0 Å². The fourth-order valence-electron chi connectivity index (χ4n) is 1.80. The third-order valence-corrected chi connectivity index (χ3v) is 3.30. The molecule has 90 valence electrons. The Morgan fingerprint density at radius 3 is 2.72 bits per heavy atom. The zero-order valence-electron chi connectivity index (χ0n) is 9.18. The third kappa shape index (κ3) is 1.68. The van der Waals surface area contributed by atoms with Crippen LogP contribution >= 0.6 is 15.9 Å². The monoisotopic (exact) mass is 304 g/mol. The lowest BCUT2D eigenvalue weighted by molar-refractivity contribution is 0.940. The Hall–Kier alpha value is -2.15. The van der Waals surface area contributed by atoms with Crippen molar-refractivity contribution in [2.75, 3.05) is 5.73 Å². The average Bonchev–Trinajstić information content (AvgIpc) is 2.99. The molecule has 0 atom stereocenters. The molecule has 0 aliphatic carbocycles. The number of nitrogen functional groups attached to an aromatic ring is 1. The number of anilines is 1. The fourth-order valence-corrected chi connectivity index (χ4v) is 2.28. The first kappa shape index (κ1) is 11.0. The maximum atomic E-state index is 5.93. The minimum Gasteiger partial charge on any atom is -0.382 e. The van der Waals surface area contributed by atoms with Crippen LogP contribution in [0.4, 0.5) is 5.82 Å². The average molecular weight is 305 g/mol. The lowest BCUT2D eigenvalue weighted by Gasteiger charge is -2.04. The molecular formula is C11H9BrN6. The Bertz CT molecular complexity index is 673. The van der Waals surface area contributed by atoms with Gasteiger partial charge in [0, 0.05) is 10.0 Å². The molecule has 0 fully saturated rings. The highest BCUT2D eigenvalue weighted by molar-refractivity contribution is 9.10. The van der Waals surface area contributed by atoms with E-state index in [9.17, 15) is 0 Å². The molecule has 3 rings (SSSR count). The van der Waals surface area contributed by atoms with E-state index in [1.54, 1.807) is 6.20 Å². The van der Waals surface area contributed by atoms with Gasteiger partial charge in [0.05, 0.1) is 17.5 Å². The van der Waals surface area contributed by atoms with Gasteiger partial charge in [-0.25, -0.2) is 0 Å². The second kappa shape index (κ2) is 4.26. The van der Waals surface area contributed by atoms with Gasteiger partial charge < -0.3 is 5.73 Å². The Balaban J connectivity index is 2.24. The summed E-state index contributed by atoms with van der Waals surface area (Å²) >= 11 is 3.51. The predicted molar refractivity (Wildman–Crippen MR) is 71.5 cm³/mol. The Kier molecular flexibility index (Phi) is 2.60. The molecule has 4 N–H and O–H groups in total. The van der Waals surface area contributed by atoms with Crippen molar-refractivity contribution in [3.63, 3.8) is 0 Å². The van der Waals surface area contributed by atoms with Crippen LogP contribution < -0.4 is 5.73 Å². The van der Waals surface area contributed by atoms with E-state index in [2.05, 4.69) is 41.5 Å². The number of hydrogen-bond donors (Lipinski definition) is 3. The molecule has 2 aromatic heterocycles. The van der Waals surface area contributed by atoms with Crippen molar-refractivity contribution in [3.8, 4) is 22.5 Å². The zero-order chi connectivity index (χ0) is 12.5. The number of aromatic nitrogens is 5. The highest BCUT2D eigenvalue weighted by Gasteiger charge is 2.18. The van der Waals surface area contributed by atoms with Gasteiger partial charge in [0.15, 0.2) is 5.82 Å². The number of hydrogen-bond acceptors (Lipinski definition) is 4. The number of halogens is 1. The summed E-state index contributed by atoms with van der Waals surface area (Å²) in [7, 11) is 0. The molecule has 0 bridgehead atoms. The molecule has 2 heterocycles. The minimum absolute atomic E-state index is 0.430. The molecular weight excluding hydrogens is 296 g/mol. The second-order valence-corrected chi connectivity index (χ2v) is 4.55. The molecule has 6 nitrogen and oxygen atoms in total. The molecule has 0 amide bonds. The molecule has 3 aromatic rings. The van der Waals surface area contributed by atoms with E-state index >= 15 is 0 Å². The van der Waals surface area contributed by atoms with Crippen LogP contribution in [0.25, 0.3) is 22.5 Å². The first-order valence-corrected chi connectivity index (χ1v) is 6.01. The number of rotatable bonds is 2. The minimum atomic E-state index is 0.430. The van der Waals surface area contributed by atoms with Crippen molar-refractivity contribution in [1.29, 1.82) is 0 Å². The number of aromatic amines is 2. The SMILES string of the molecule is Nc1n[nH]c(-c2cn[nH]n2)c1-c1ccccc1Br. The van der Waals surface area contributed by atoms with E-state index in [1.165, 1.54) is 0 Å². The second-order valence-electron chi connectivity index (χ2n) is 3.69. The molecule has 0 aliphatic rings. The van der Waals surface area contributed by atoms with Gasteiger partial charge in [0.1, 0.15) is 5.69 Å². The molecule has 1 aromatic carbocycles. The summed E-state index contributed by atoms with van der Waals surface area (Å²) in [6, 6.07) is 7.81. The van der Waals surface area contributed by atoms with E-state index in [-0.39, 0.29) is 0 Å². The topological polar surface area (TPSA) is 96.3 Å². The summed E-state index contributed by atoms with van der Waals surface area (Å²) in [5, 5.41) is 17.3. The number of benzene rings is 1. The summed E-state index contributed by atoms with van der Waals surface area (Å²) in [4.78, 5) is 0. The van der Waals surface area contributed by atoms with E-state index in [4.69, 9.17) is 5.73 Å². The molecule has 0 saturated carbocycles. The van der Waals surface area contributed by atoms with Crippen LogP contribution in [0.2, 0.25) is 0 Å². The van der Waals surface area contributed by atoms with Crippen molar-refractivity contribution >= 4 is 21.7 Å². The van der Waals surface area contributed by atoms with Gasteiger partial charge >= 0.3 is 0 Å². The van der Waals surface area contributed by atoms with Crippen LogP contribution in [0.5, 0.6) is 0 Å². The molecule has 0 unspecified atom stereocenters. The number of nitrogens with two attached hydrogens (primary N) is 1. The van der Waals surface area contributed by atoms with Gasteiger partial charge in [-0.05, 0) is 6.07 Å². The van der Waals surface area contributed by atoms with Gasteiger partial charge in [-0.2, -0.15) is 20.5 Å². The quantitative estimate of drug-likeness (QED) is 0.676. The largest absolute Gasteiger partial charge is 0.382 e.